The van der Waals surface area contributed by atoms with E-state index in [-0.39, 0.29) is 0 Å². The third kappa shape index (κ3) is 2.87. The van der Waals surface area contributed by atoms with E-state index in [4.69, 9.17) is 18.0 Å². The van der Waals surface area contributed by atoms with Crippen molar-refractivity contribution in [3.8, 4) is 5.69 Å². The van der Waals surface area contributed by atoms with Gasteiger partial charge in [0, 0.05) is 15.7 Å². The summed E-state index contributed by atoms with van der Waals surface area (Å²) in [7, 11) is 0. The van der Waals surface area contributed by atoms with Gasteiger partial charge in [-0.25, -0.2) is 4.68 Å². The second-order valence-corrected chi connectivity index (χ2v) is 5.63. The van der Waals surface area contributed by atoms with Gasteiger partial charge in [0.25, 0.3) is 0 Å². The summed E-state index contributed by atoms with van der Waals surface area (Å²) in [5, 5.41) is 4.63. The number of nitrogens with two attached hydrogens (primary N) is 1. The number of aromatic nitrogens is 2. The van der Waals surface area contributed by atoms with Gasteiger partial charge in [0.15, 0.2) is 0 Å². The largest absolute Gasteiger partial charge is 0.389 e. The van der Waals surface area contributed by atoms with Gasteiger partial charge in [0.2, 0.25) is 0 Å². The lowest BCUT2D eigenvalue weighted by atomic mass is 10.1. The first-order valence-corrected chi connectivity index (χ1v) is 7.44. The molecule has 2 aromatic rings. The van der Waals surface area contributed by atoms with Crippen molar-refractivity contribution in [1.82, 2.24) is 9.78 Å². The highest BCUT2D eigenvalue weighted by molar-refractivity contribution is 9.10. The Morgan fingerprint density at radius 2 is 2.05 bits per heavy atom. The predicted octanol–water partition coefficient (Wildman–Crippen LogP) is 3.39. The highest BCUT2D eigenvalue weighted by atomic mass is 79.9. The van der Waals surface area contributed by atoms with Crippen molar-refractivity contribution in [3.63, 3.8) is 0 Å². The van der Waals surface area contributed by atoms with Gasteiger partial charge in [0.1, 0.15) is 4.99 Å². The zero-order chi connectivity index (χ0) is 14.0. The van der Waals surface area contributed by atoms with E-state index in [9.17, 15) is 0 Å². The summed E-state index contributed by atoms with van der Waals surface area (Å²) in [6, 6.07) is 8.03. The van der Waals surface area contributed by atoms with Crippen LogP contribution < -0.4 is 5.73 Å². The van der Waals surface area contributed by atoms with Crippen LogP contribution in [0.2, 0.25) is 0 Å². The third-order valence-corrected chi connectivity index (χ3v) is 3.72. The van der Waals surface area contributed by atoms with E-state index in [2.05, 4.69) is 40.9 Å². The fourth-order valence-corrected chi connectivity index (χ4v) is 2.52. The van der Waals surface area contributed by atoms with Crippen LogP contribution in [0.3, 0.4) is 0 Å². The fraction of sp³-hybridized carbons (Fsp3) is 0.286. The molecule has 100 valence electrons. The van der Waals surface area contributed by atoms with E-state index in [1.54, 1.807) is 0 Å². The first-order chi connectivity index (χ1) is 9.06. The van der Waals surface area contributed by atoms with Crippen molar-refractivity contribution in [3.05, 3.63) is 45.7 Å². The Morgan fingerprint density at radius 1 is 1.32 bits per heavy atom. The number of hydrogen-bond donors (Lipinski definition) is 1. The predicted molar refractivity (Wildman–Crippen MR) is 85.9 cm³/mol. The smallest absolute Gasteiger partial charge is 0.106 e. The quantitative estimate of drug-likeness (QED) is 0.869. The molecule has 0 saturated carbocycles. The summed E-state index contributed by atoms with van der Waals surface area (Å²) < 4.78 is 2.90. The Morgan fingerprint density at radius 3 is 2.63 bits per heavy atom. The molecule has 1 aromatic heterocycles. The van der Waals surface area contributed by atoms with Crippen LogP contribution in [0.5, 0.6) is 0 Å². The molecule has 0 aliphatic rings. The first-order valence-electron chi connectivity index (χ1n) is 6.24. The summed E-state index contributed by atoms with van der Waals surface area (Å²) in [5.41, 5.74) is 9.84. The molecule has 0 spiro atoms. The average molecular weight is 338 g/mol. The molecule has 0 amide bonds. The lowest BCUT2D eigenvalue weighted by molar-refractivity contribution is 0.793. The van der Waals surface area contributed by atoms with Crippen LogP contribution in [0, 0.1) is 0 Å². The molecule has 1 aromatic carbocycles. The lowest BCUT2D eigenvalue weighted by Crippen LogP contribution is -2.15. The van der Waals surface area contributed by atoms with Crippen molar-refractivity contribution in [2.24, 2.45) is 5.73 Å². The molecule has 0 bridgehead atoms. The molecule has 2 N–H and O–H groups in total. The average Bonchev–Trinajstić information content (AvgIpc) is 2.81. The maximum atomic E-state index is 5.82. The molecular formula is C14H16BrN3S. The minimum absolute atomic E-state index is 0.381. The summed E-state index contributed by atoms with van der Waals surface area (Å²) in [4.78, 5) is 0.381. The lowest BCUT2D eigenvalue weighted by Gasteiger charge is -2.11. The van der Waals surface area contributed by atoms with Crippen LogP contribution in [0.4, 0.5) is 0 Å². The topological polar surface area (TPSA) is 43.8 Å². The van der Waals surface area contributed by atoms with Crippen LogP contribution in [-0.2, 0) is 12.8 Å². The minimum Gasteiger partial charge on any atom is -0.389 e. The maximum absolute atomic E-state index is 5.82. The van der Waals surface area contributed by atoms with E-state index < -0.39 is 0 Å². The van der Waals surface area contributed by atoms with E-state index in [0.717, 1.165) is 40.0 Å². The van der Waals surface area contributed by atoms with Gasteiger partial charge in [-0.1, -0.05) is 42.0 Å². The number of benzene rings is 1. The minimum atomic E-state index is 0.381. The molecule has 0 fully saturated rings. The van der Waals surface area contributed by atoms with Gasteiger partial charge in [0.05, 0.1) is 11.4 Å². The van der Waals surface area contributed by atoms with Gasteiger partial charge < -0.3 is 5.73 Å². The van der Waals surface area contributed by atoms with Gasteiger partial charge in [-0.15, -0.1) is 0 Å². The van der Waals surface area contributed by atoms with Gasteiger partial charge in [-0.05, 0) is 37.1 Å². The molecule has 3 nitrogen and oxygen atoms in total. The van der Waals surface area contributed by atoms with Crippen molar-refractivity contribution >= 4 is 33.1 Å². The maximum Gasteiger partial charge on any atom is 0.106 e. The molecule has 2 rings (SSSR count). The highest BCUT2D eigenvalue weighted by Gasteiger charge is 2.13. The van der Waals surface area contributed by atoms with Crippen LogP contribution in [-0.4, -0.2) is 14.8 Å². The summed E-state index contributed by atoms with van der Waals surface area (Å²) >= 11 is 8.59. The normalized spacial score (nSPS) is 10.7. The Hall–Kier alpha value is -1.20. The van der Waals surface area contributed by atoms with Crippen molar-refractivity contribution in [2.45, 2.75) is 26.7 Å². The molecule has 0 aliphatic carbocycles. The molecule has 0 atom stereocenters. The molecular weight excluding hydrogens is 322 g/mol. The molecule has 0 unspecified atom stereocenters. The fourth-order valence-electron chi connectivity index (χ4n) is 2.00. The van der Waals surface area contributed by atoms with Crippen LogP contribution in [0.15, 0.2) is 28.7 Å². The monoisotopic (exact) mass is 337 g/mol. The van der Waals surface area contributed by atoms with E-state index >= 15 is 0 Å². The Kier molecular flexibility index (Phi) is 4.37. The van der Waals surface area contributed by atoms with Crippen LogP contribution >= 0.6 is 28.1 Å². The number of rotatable bonds is 4. The molecule has 0 radical (unpaired) electrons. The zero-order valence-electron chi connectivity index (χ0n) is 11.0. The summed E-state index contributed by atoms with van der Waals surface area (Å²) in [6.07, 6.45) is 1.83. The molecule has 19 heavy (non-hydrogen) atoms. The van der Waals surface area contributed by atoms with Crippen molar-refractivity contribution in [1.29, 1.82) is 0 Å². The second kappa shape index (κ2) is 5.84. The molecule has 1 heterocycles. The number of aryl methyl sites for hydroxylation is 2. The zero-order valence-corrected chi connectivity index (χ0v) is 13.4. The Bertz CT molecular complexity index is 619. The van der Waals surface area contributed by atoms with Crippen LogP contribution in [0.25, 0.3) is 5.69 Å². The SMILES string of the molecule is CCc1cc(CC)n(-c2ccc(Br)cc2C(N)=S)n1. The van der Waals surface area contributed by atoms with Crippen molar-refractivity contribution in [2.75, 3.05) is 0 Å². The Labute approximate surface area is 126 Å². The summed E-state index contributed by atoms with van der Waals surface area (Å²) in [6.45, 7) is 4.22. The second-order valence-electron chi connectivity index (χ2n) is 4.27. The van der Waals surface area contributed by atoms with Gasteiger partial charge >= 0.3 is 0 Å². The molecule has 0 saturated heterocycles. The first kappa shape index (κ1) is 14.2. The van der Waals surface area contributed by atoms with E-state index in [1.807, 2.05) is 22.9 Å². The van der Waals surface area contributed by atoms with Gasteiger partial charge in [-0.2, -0.15) is 5.10 Å². The number of halogens is 1. The van der Waals surface area contributed by atoms with E-state index in [0.29, 0.717) is 4.99 Å². The third-order valence-electron chi connectivity index (χ3n) is 3.01. The number of thiocarbonyl (C=S) groups is 1. The molecule has 0 aliphatic heterocycles. The number of nitrogens with zero attached hydrogens (tertiary/aromatic N) is 2. The standard InChI is InChI=1S/C14H16BrN3S/c1-3-10-8-11(4-2)18(17-10)13-6-5-9(15)7-12(13)14(16)19/h5-8H,3-4H2,1-2H3,(H2,16,19). The molecule has 5 heteroatoms. The summed E-state index contributed by atoms with van der Waals surface area (Å²) in [5.74, 6) is 0. The number of hydrogen-bond acceptors (Lipinski definition) is 2. The van der Waals surface area contributed by atoms with Crippen molar-refractivity contribution < 1.29 is 0 Å². The van der Waals surface area contributed by atoms with Gasteiger partial charge in [-0.3, -0.25) is 0 Å². The highest BCUT2D eigenvalue weighted by Crippen LogP contribution is 2.22. The van der Waals surface area contributed by atoms with Crippen LogP contribution in [0.1, 0.15) is 30.8 Å². The Balaban J connectivity index is 2.64. The van der Waals surface area contributed by atoms with E-state index in [1.165, 1.54) is 0 Å².